The summed E-state index contributed by atoms with van der Waals surface area (Å²) < 4.78 is 0. The van der Waals surface area contributed by atoms with Crippen molar-refractivity contribution in [3.8, 4) is 29.8 Å². The maximum atomic E-state index is 8.58. The van der Waals surface area contributed by atoms with Gasteiger partial charge in [0.15, 0.2) is 0 Å². The topological polar surface area (TPSA) is 143 Å². The van der Waals surface area contributed by atoms with Gasteiger partial charge in [0.1, 0.15) is 0 Å². The normalized spacial score (nSPS) is 10.9. The largest absolute Gasteiger partial charge is 2.00 e. The van der Waals surface area contributed by atoms with Crippen LogP contribution in [0.15, 0.2) is 0 Å². The van der Waals surface area contributed by atoms with Gasteiger partial charge in [0, 0.05) is 0 Å². The van der Waals surface area contributed by atoms with E-state index < -0.39 is 10.7 Å². The van der Waals surface area contributed by atoms with Crippen LogP contribution in [0, 0.1) is 61.4 Å². The second-order valence-corrected chi connectivity index (χ2v) is 7.42. The Morgan fingerprint density at radius 2 is 0.625 bits per heavy atom. The van der Waals surface area contributed by atoms with Gasteiger partial charge in [0.2, 0.25) is 0 Å². The fourth-order valence-electron chi connectivity index (χ4n) is 0.265. The molecule has 16 heavy (non-hydrogen) atoms. The Balaban J connectivity index is -0.000000240. The first-order chi connectivity index (χ1) is 5.97. The van der Waals surface area contributed by atoms with E-state index in [1.54, 1.807) is 0 Å². The van der Waals surface area contributed by atoms with Crippen molar-refractivity contribution in [3.05, 3.63) is 0 Å². The molecule has 10 heteroatoms. The van der Waals surface area contributed by atoms with Gasteiger partial charge in [-0.1, -0.05) is 0 Å². The Hall–Kier alpha value is 1.36. The van der Waals surface area contributed by atoms with Gasteiger partial charge < -0.3 is 0 Å². The summed E-state index contributed by atoms with van der Waals surface area (Å²) in [5, 5.41) is 51.5. The summed E-state index contributed by atoms with van der Waals surface area (Å²) in [5.41, 5.74) is 0. The molecule has 0 rings (SSSR count). The van der Waals surface area contributed by atoms with E-state index in [0.29, 0.717) is 0 Å². The van der Waals surface area contributed by atoms with Crippen molar-refractivity contribution in [3.63, 3.8) is 0 Å². The molecule has 66 valence electrons. The first kappa shape index (κ1) is 26.0. The van der Waals surface area contributed by atoms with Crippen LogP contribution >= 0.6 is 0 Å². The smallest absolute Gasteiger partial charge is 1.00 e. The van der Waals surface area contributed by atoms with Crippen molar-refractivity contribution in [2.24, 2.45) is 0 Å². The van der Waals surface area contributed by atoms with Gasteiger partial charge in [-0.2, -0.15) is 0 Å². The third kappa shape index (κ3) is 3.22. The van der Waals surface area contributed by atoms with Gasteiger partial charge >= 0.3 is 194 Å². The van der Waals surface area contributed by atoms with Gasteiger partial charge in [0.25, 0.3) is 0 Å². The van der Waals surface area contributed by atoms with Crippen LogP contribution in [0.4, 0.5) is 0 Å². The molecule has 0 aliphatic heterocycles. The van der Waals surface area contributed by atoms with Gasteiger partial charge in [-0.25, -0.2) is 0 Å². The molecule has 0 aliphatic carbocycles. The summed E-state index contributed by atoms with van der Waals surface area (Å²) in [6, 6.07) is 0. The summed E-state index contributed by atoms with van der Waals surface area (Å²) in [5.74, 6) is 0. The molecule has 0 saturated carbocycles. The Morgan fingerprint density at radius 3 is 0.625 bits per heavy atom. The molecule has 0 aromatic carbocycles. The molecule has 0 N–H and O–H groups in total. The molecule has 0 saturated heterocycles. The number of hydrogen-bond donors (Lipinski definition) is 0. The van der Waals surface area contributed by atoms with Crippen LogP contribution in [0.1, 0.15) is 0 Å². The predicted molar refractivity (Wildman–Crippen MR) is 33.7 cm³/mol. The average Bonchev–Trinajstić information content (AvgIpc) is 2.26. The van der Waals surface area contributed by atoms with E-state index in [0.717, 1.165) is 29.8 Å². The van der Waals surface area contributed by atoms with Crippen LogP contribution < -0.4 is 103 Å². The molecule has 0 unspecified atom stereocenters. The zero-order valence-corrected chi connectivity index (χ0v) is 19.1. The molecule has 0 aromatic rings. The third-order valence-corrected chi connectivity index (χ3v) is 4.89. The van der Waals surface area contributed by atoms with E-state index >= 15 is 0 Å². The Kier molecular flexibility index (Phi) is 12.6. The number of hydrogen-bond acceptors (Lipinski definition) is 6. The van der Waals surface area contributed by atoms with E-state index in [1.807, 2.05) is 0 Å². The molecular formula is C6FeK2N6Zn. The van der Waals surface area contributed by atoms with Crippen molar-refractivity contribution < 1.29 is 133 Å². The minimum Gasteiger partial charge on any atom is 1.00 e. The number of nitriles is 6. The SMILES string of the molecule is N#[C][Fe-4]([C]#N)([C]#N)([C]#N)([C]#N)[C]#N.[K+].[K+].[Zn+2]. The van der Waals surface area contributed by atoms with Crippen LogP contribution in [-0.4, -0.2) is 0 Å². The van der Waals surface area contributed by atoms with E-state index in [-0.39, 0.29) is 122 Å². The maximum absolute atomic E-state index is 8.58. The van der Waals surface area contributed by atoms with Crippen molar-refractivity contribution in [2.75, 3.05) is 0 Å². The Morgan fingerprint density at radius 1 is 0.500 bits per heavy atom. The summed E-state index contributed by atoms with van der Waals surface area (Å²) in [4.78, 5) is 6.19. The maximum Gasteiger partial charge on any atom is 2.00 e. The Bertz CT molecular complexity index is 401. The monoisotopic (exact) mass is 354 g/mol. The van der Waals surface area contributed by atoms with Gasteiger partial charge in [-0.15, -0.1) is 0 Å². The van der Waals surface area contributed by atoms with Crippen molar-refractivity contribution in [1.82, 2.24) is 0 Å². The minimum atomic E-state index is -6.17. The quantitative estimate of drug-likeness (QED) is 0.396. The summed E-state index contributed by atoms with van der Waals surface area (Å²) in [6.45, 7) is 0. The average molecular weight is 356 g/mol. The molecule has 0 spiro atoms. The van der Waals surface area contributed by atoms with E-state index in [2.05, 4.69) is 0 Å². The molecule has 0 bridgehead atoms. The fraction of sp³-hybridized carbons (Fsp3) is 0. The molecule has 0 fully saturated rings. The predicted octanol–water partition coefficient (Wildman–Crippen LogP) is -5.90. The zero-order valence-electron chi connectivity index (χ0n) is 8.74. The van der Waals surface area contributed by atoms with Gasteiger partial charge in [-0.3, -0.25) is 0 Å². The van der Waals surface area contributed by atoms with Crippen LogP contribution in [-0.2, 0) is 30.2 Å². The zero-order chi connectivity index (χ0) is 10.7. The molecule has 0 amide bonds. The van der Waals surface area contributed by atoms with Gasteiger partial charge in [0.05, 0.1) is 0 Å². The second kappa shape index (κ2) is 7.72. The molecule has 0 atom stereocenters. The Labute approximate surface area is 189 Å². The summed E-state index contributed by atoms with van der Waals surface area (Å²) in [7, 11) is -6.17. The van der Waals surface area contributed by atoms with Crippen LogP contribution in [0.2, 0.25) is 0 Å². The van der Waals surface area contributed by atoms with Crippen LogP contribution in [0.25, 0.3) is 0 Å². The summed E-state index contributed by atoms with van der Waals surface area (Å²) in [6.07, 6.45) is 0. The molecule has 0 aromatic heterocycles. The number of nitrogens with zero attached hydrogens (tertiary/aromatic N) is 6. The molecule has 0 radical (unpaired) electrons. The van der Waals surface area contributed by atoms with Crippen molar-refractivity contribution in [2.45, 2.75) is 0 Å². The standard InChI is InChI=1S/6CN.Fe.2K.Zn/c6*1-2;;;;/q;;;;;;-4;2*+1;+2. The number of rotatable bonds is 0. The third-order valence-electron chi connectivity index (χ3n) is 1.19. The molecule has 6 nitrogen and oxygen atoms in total. The van der Waals surface area contributed by atoms with Crippen LogP contribution in [0.5, 0.6) is 0 Å². The second-order valence-electron chi connectivity index (χ2n) is 1.80. The van der Waals surface area contributed by atoms with Crippen LogP contribution in [0.3, 0.4) is 0 Å². The minimum absolute atomic E-state index is 0. The van der Waals surface area contributed by atoms with Crippen molar-refractivity contribution >= 4 is 0 Å². The van der Waals surface area contributed by atoms with E-state index in [1.165, 1.54) is 0 Å². The first-order valence-corrected chi connectivity index (χ1v) is 5.71. The molecule has 0 heterocycles. The molecule has 0 aliphatic rings. The van der Waals surface area contributed by atoms with Gasteiger partial charge in [-0.05, 0) is 0 Å². The molecular weight excluding hydrogens is 356 g/mol. The summed E-state index contributed by atoms with van der Waals surface area (Å²) >= 11 is 0. The van der Waals surface area contributed by atoms with E-state index in [4.69, 9.17) is 31.6 Å². The van der Waals surface area contributed by atoms with Crippen molar-refractivity contribution in [1.29, 1.82) is 31.6 Å². The first-order valence-electron chi connectivity index (χ1n) is 2.40. The fourth-order valence-corrected chi connectivity index (χ4v) is 1.09. The van der Waals surface area contributed by atoms with E-state index in [9.17, 15) is 0 Å².